The smallest absolute Gasteiger partial charge is 0.281 e. The lowest BCUT2D eigenvalue weighted by Crippen LogP contribution is -2.15. The average molecular weight is 248 g/mol. The number of benzene rings is 1. The standard InChI is InChI=1S/C11H12N4O3/c1-5-3-4-7(6(2)9(5)16)13-11(17)8-10(12)15-18-14-8/h3-4,16H,1-2H3,(H2,12,15)(H,13,17). The minimum absolute atomic E-state index is 0.0820. The van der Waals surface area contributed by atoms with Gasteiger partial charge < -0.3 is 16.2 Å². The van der Waals surface area contributed by atoms with Crippen LogP contribution in [0.3, 0.4) is 0 Å². The quantitative estimate of drug-likeness (QED) is 0.736. The summed E-state index contributed by atoms with van der Waals surface area (Å²) in [5, 5.41) is 19.1. The first kappa shape index (κ1) is 11.9. The molecule has 2 aromatic rings. The number of phenolic OH excluding ortho intramolecular Hbond substituents is 1. The Morgan fingerprint density at radius 1 is 1.39 bits per heavy atom. The molecule has 0 aliphatic rings. The third-order valence-electron chi connectivity index (χ3n) is 2.61. The minimum atomic E-state index is -0.542. The first-order valence-electron chi connectivity index (χ1n) is 5.19. The van der Waals surface area contributed by atoms with E-state index in [4.69, 9.17) is 5.73 Å². The summed E-state index contributed by atoms with van der Waals surface area (Å²) in [6.45, 7) is 3.47. The van der Waals surface area contributed by atoms with E-state index >= 15 is 0 Å². The van der Waals surface area contributed by atoms with Gasteiger partial charge in [-0.15, -0.1) is 0 Å². The van der Waals surface area contributed by atoms with Crippen molar-refractivity contribution in [2.45, 2.75) is 13.8 Å². The number of rotatable bonds is 2. The number of nitrogen functional groups attached to an aromatic ring is 1. The molecule has 94 valence electrons. The van der Waals surface area contributed by atoms with Gasteiger partial charge in [0.1, 0.15) is 5.75 Å². The maximum absolute atomic E-state index is 11.8. The molecule has 7 nitrogen and oxygen atoms in total. The second-order valence-electron chi connectivity index (χ2n) is 3.86. The van der Waals surface area contributed by atoms with E-state index in [1.807, 2.05) is 0 Å². The number of aryl methyl sites for hydroxylation is 1. The van der Waals surface area contributed by atoms with Gasteiger partial charge in [0, 0.05) is 11.3 Å². The van der Waals surface area contributed by atoms with E-state index in [9.17, 15) is 9.90 Å². The van der Waals surface area contributed by atoms with Crippen LogP contribution in [0.5, 0.6) is 5.75 Å². The number of nitrogens with zero attached hydrogens (tertiary/aromatic N) is 2. The first-order chi connectivity index (χ1) is 8.50. The van der Waals surface area contributed by atoms with Gasteiger partial charge in [-0.25, -0.2) is 4.63 Å². The number of aromatic nitrogens is 2. The van der Waals surface area contributed by atoms with E-state index in [1.54, 1.807) is 26.0 Å². The van der Waals surface area contributed by atoms with Crippen molar-refractivity contribution in [3.63, 3.8) is 0 Å². The van der Waals surface area contributed by atoms with Crippen LogP contribution < -0.4 is 11.1 Å². The predicted molar refractivity (Wildman–Crippen MR) is 64.2 cm³/mol. The fourth-order valence-electron chi connectivity index (χ4n) is 1.51. The highest BCUT2D eigenvalue weighted by atomic mass is 16.6. The van der Waals surface area contributed by atoms with Crippen molar-refractivity contribution < 1.29 is 14.5 Å². The number of nitrogens with one attached hydrogen (secondary N) is 1. The van der Waals surface area contributed by atoms with Gasteiger partial charge in [-0.3, -0.25) is 4.79 Å². The Bertz CT molecular complexity index is 606. The Morgan fingerprint density at radius 2 is 2.11 bits per heavy atom. The Balaban J connectivity index is 2.28. The SMILES string of the molecule is Cc1ccc(NC(=O)c2nonc2N)c(C)c1O. The predicted octanol–water partition coefficient (Wildman–Crippen LogP) is 1.23. The number of phenols is 1. The molecule has 1 aromatic carbocycles. The highest BCUT2D eigenvalue weighted by molar-refractivity contribution is 6.06. The van der Waals surface area contributed by atoms with Crippen molar-refractivity contribution in [2.75, 3.05) is 11.1 Å². The Kier molecular flexibility index (Phi) is 2.88. The molecular formula is C11H12N4O3. The summed E-state index contributed by atoms with van der Waals surface area (Å²) in [7, 11) is 0. The van der Waals surface area contributed by atoms with Crippen LogP contribution in [0.1, 0.15) is 21.6 Å². The topological polar surface area (TPSA) is 114 Å². The lowest BCUT2D eigenvalue weighted by atomic mass is 10.1. The Hall–Kier alpha value is -2.57. The molecule has 4 N–H and O–H groups in total. The molecule has 7 heteroatoms. The van der Waals surface area contributed by atoms with Crippen LogP contribution in [0.4, 0.5) is 11.5 Å². The van der Waals surface area contributed by atoms with Crippen LogP contribution in [0.15, 0.2) is 16.8 Å². The molecule has 0 saturated carbocycles. The van der Waals surface area contributed by atoms with Crippen LogP contribution in [-0.4, -0.2) is 21.3 Å². The molecule has 0 unspecified atom stereocenters. The van der Waals surface area contributed by atoms with E-state index < -0.39 is 5.91 Å². The Morgan fingerprint density at radius 3 is 2.72 bits per heavy atom. The lowest BCUT2D eigenvalue weighted by molar-refractivity contribution is 0.101. The van der Waals surface area contributed by atoms with Crippen LogP contribution in [0, 0.1) is 13.8 Å². The maximum atomic E-state index is 11.8. The first-order valence-corrected chi connectivity index (χ1v) is 5.19. The van der Waals surface area contributed by atoms with Crippen molar-refractivity contribution in [1.82, 2.24) is 10.3 Å². The number of hydrogen-bond donors (Lipinski definition) is 3. The molecule has 2 rings (SSSR count). The van der Waals surface area contributed by atoms with Gasteiger partial charge in [0.2, 0.25) is 11.5 Å². The van der Waals surface area contributed by atoms with E-state index in [-0.39, 0.29) is 17.3 Å². The van der Waals surface area contributed by atoms with Gasteiger partial charge in [0.05, 0.1) is 0 Å². The van der Waals surface area contributed by atoms with E-state index in [2.05, 4.69) is 20.3 Å². The van der Waals surface area contributed by atoms with E-state index in [0.717, 1.165) is 5.56 Å². The van der Waals surface area contributed by atoms with Crippen molar-refractivity contribution in [3.8, 4) is 5.75 Å². The fraction of sp³-hybridized carbons (Fsp3) is 0.182. The summed E-state index contributed by atoms with van der Waals surface area (Å²) < 4.78 is 4.34. The molecule has 1 amide bonds. The molecule has 0 radical (unpaired) electrons. The Labute approximate surface area is 103 Å². The molecule has 0 atom stereocenters. The largest absolute Gasteiger partial charge is 0.507 e. The van der Waals surface area contributed by atoms with Gasteiger partial charge in [-0.05, 0) is 35.8 Å². The van der Waals surface area contributed by atoms with Gasteiger partial charge in [-0.1, -0.05) is 6.07 Å². The molecule has 0 aliphatic heterocycles. The summed E-state index contributed by atoms with van der Waals surface area (Å²) in [5.41, 5.74) is 7.10. The molecule has 1 aromatic heterocycles. The highest BCUT2D eigenvalue weighted by Gasteiger charge is 2.17. The lowest BCUT2D eigenvalue weighted by Gasteiger charge is -2.10. The number of nitrogens with two attached hydrogens (primary N) is 1. The van der Waals surface area contributed by atoms with Crippen molar-refractivity contribution in [3.05, 3.63) is 29.0 Å². The summed E-state index contributed by atoms with van der Waals surface area (Å²) >= 11 is 0. The number of aromatic hydroxyl groups is 1. The zero-order valence-corrected chi connectivity index (χ0v) is 9.89. The normalized spacial score (nSPS) is 10.3. The van der Waals surface area contributed by atoms with Gasteiger partial charge in [-0.2, -0.15) is 0 Å². The molecular weight excluding hydrogens is 236 g/mol. The molecule has 0 aliphatic carbocycles. The van der Waals surface area contributed by atoms with Gasteiger partial charge in [0.15, 0.2) is 0 Å². The van der Waals surface area contributed by atoms with Crippen molar-refractivity contribution in [1.29, 1.82) is 0 Å². The number of carbonyl (C=O) groups is 1. The second kappa shape index (κ2) is 4.36. The number of hydrogen-bond acceptors (Lipinski definition) is 6. The molecule has 0 saturated heterocycles. The summed E-state index contributed by atoms with van der Waals surface area (Å²) in [4.78, 5) is 11.8. The molecule has 0 fully saturated rings. The molecule has 1 heterocycles. The molecule has 18 heavy (non-hydrogen) atoms. The number of anilines is 2. The van der Waals surface area contributed by atoms with Crippen molar-refractivity contribution >= 4 is 17.4 Å². The highest BCUT2D eigenvalue weighted by Crippen LogP contribution is 2.28. The zero-order valence-electron chi connectivity index (χ0n) is 9.89. The van der Waals surface area contributed by atoms with Crippen LogP contribution in [0.25, 0.3) is 0 Å². The molecule has 0 spiro atoms. The molecule has 0 bridgehead atoms. The van der Waals surface area contributed by atoms with E-state index in [0.29, 0.717) is 11.3 Å². The van der Waals surface area contributed by atoms with Gasteiger partial charge in [0.25, 0.3) is 5.91 Å². The minimum Gasteiger partial charge on any atom is -0.507 e. The third kappa shape index (κ3) is 1.97. The average Bonchev–Trinajstić information content (AvgIpc) is 2.76. The van der Waals surface area contributed by atoms with Crippen molar-refractivity contribution in [2.24, 2.45) is 0 Å². The fourth-order valence-corrected chi connectivity index (χ4v) is 1.51. The number of amides is 1. The van der Waals surface area contributed by atoms with Crippen LogP contribution in [-0.2, 0) is 0 Å². The van der Waals surface area contributed by atoms with Crippen LogP contribution in [0.2, 0.25) is 0 Å². The second-order valence-corrected chi connectivity index (χ2v) is 3.86. The summed E-state index contributed by atoms with van der Waals surface area (Å²) in [5.74, 6) is -0.486. The summed E-state index contributed by atoms with van der Waals surface area (Å²) in [6, 6.07) is 3.38. The monoisotopic (exact) mass is 248 g/mol. The van der Waals surface area contributed by atoms with Crippen LogP contribution >= 0.6 is 0 Å². The maximum Gasteiger partial charge on any atom is 0.281 e. The third-order valence-corrected chi connectivity index (χ3v) is 2.61. The van der Waals surface area contributed by atoms with Gasteiger partial charge >= 0.3 is 0 Å². The number of carbonyl (C=O) groups excluding carboxylic acids is 1. The zero-order chi connectivity index (χ0) is 13.3. The summed E-state index contributed by atoms with van der Waals surface area (Å²) in [6.07, 6.45) is 0. The van der Waals surface area contributed by atoms with E-state index in [1.165, 1.54) is 0 Å².